The molecule has 9 rings (SSSR count). The highest BCUT2D eigenvalue weighted by Crippen LogP contribution is 2.55. The van der Waals surface area contributed by atoms with E-state index in [1.165, 1.54) is 60.5 Å². The van der Waals surface area contributed by atoms with Crippen molar-refractivity contribution in [3.8, 4) is 22.3 Å². The Labute approximate surface area is 276 Å². The standard InChI is InChI=1S/C46H33N/c1-46(37-16-3-2-4-17-37)43-20-10-9-18-42(43)45-41(19-11-21-44(45)46)34-24-26-38(27-25-34)47(39-28-22-32-12-5-7-14-35(32)30-39)40-29-23-33-13-6-8-15-36(33)31-40/h2-31H,1H3. The lowest BCUT2D eigenvalue weighted by Gasteiger charge is -2.28. The van der Waals surface area contributed by atoms with Gasteiger partial charge in [0, 0.05) is 22.5 Å². The van der Waals surface area contributed by atoms with Crippen molar-refractivity contribution in [2.24, 2.45) is 0 Å². The molecule has 1 heteroatoms. The van der Waals surface area contributed by atoms with Crippen molar-refractivity contribution in [1.29, 1.82) is 0 Å². The zero-order valence-electron chi connectivity index (χ0n) is 26.3. The molecule has 1 nitrogen and oxygen atoms in total. The summed E-state index contributed by atoms with van der Waals surface area (Å²) in [6.45, 7) is 2.38. The molecule has 0 saturated carbocycles. The van der Waals surface area contributed by atoms with Crippen LogP contribution in [0.5, 0.6) is 0 Å². The average Bonchev–Trinajstić information content (AvgIpc) is 3.41. The second kappa shape index (κ2) is 10.9. The average molecular weight is 600 g/mol. The van der Waals surface area contributed by atoms with Gasteiger partial charge in [-0.2, -0.15) is 0 Å². The van der Waals surface area contributed by atoms with Gasteiger partial charge in [0.25, 0.3) is 0 Å². The van der Waals surface area contributed by atoms with Crippen molar-refractivity contribution >= 4 is 38.6 Å². The second-order valence-corrected chi connectivity index (χ2v) is 12.7. The van der Waals surface area contributed by atoms with Crippen LogP contribution in [0.1, 0.15) is 23.6 Å². The van der Waals surface area contributed by atoms with Crippen molar-refractivity contribution < 1.29 is 0 Å². The Morgan fingerprint density at radius 3 is 1.55 bits per heavy atom. The summed E-state index contributed by atoms with van der Waals surface area (Å²) in [4.78, 5) is 2.37. The minimum absolute atomic E-state index is 0.216. The van der Waals surface area contributed by atoms with Gasteiger partial charge in [-0.3, -0.25) is 0 Å². The van der Waals surface area contributed by atoms with Crippen molar-refractivity contribution in [2.45, 2.75) is 12.3 Å². The lowest BCUT2D eigenvalue weighted by atomic mass is 9.74. The molecule has 222 valence electrons. The van der Waals surface area contributed by atoms with Crippen LogP contribution < -0.4 is 4.90 Å². The molecule has 0 aliphatic heterocycles. The third kappa shape index (κ3) is 4.39. The number of anilines is 3. The first-order chi connectivity index (χ1) is 23.2. The van der Waals surface area contributed by atoms with E-state index in [1.807, 2.05) is 0 Å². The van der Waals surface area contributed by atoms with E-state index in [4.69, 9.17) is 0 Å². The number of nitrogens with zero attached hydrogens (tertiary/aromatic N) is 1. The van der Waals surface area contributed by atoms with Gasteiger partial charge in [0.15, 0.2) is 0 Å². The van der Waals surface area contributed by atoms with Gasteiger partial charge in [0.05, 0.1) is 0 Å². The van der Waals surface area contributed by atoms with Crippen molar-refractivity contribution in [3.63, 3.8) is 0 Å². The highest BCUT2D eigenvalue weighted by atomic mass is 15.1. The van der Waals surface area contributed by atoms with Gasteiger partial charge >= 0.3 is 0 Å². The largest absolute Gasteiger partial charge is 0.310 e. The van der Waals surface area contributed by atoms with Gasteiger partial charge in [0.1, 0.15) is 0 Å². The highest BCUT2D eigenvalue weighted by molar-refractivity contribution is 5.95. The summed E-state index contributed by atoms with van der Waals surface area (Å²) in [7, 11) is 0. The maximum absolute atomic E-state index is 2.38. The van der Waals surface area contributed by atoms with Crippen molar-refractivity contribution in [3.05, 3.63) is 199 Å². The monoisotopic (exact) mass is 599 g/mol. The molecule has 0 radical (unpaired) electrons. The van der Waals surface area contributed by atoms with Gasteiger partial charge in [-0.15, -0.1) is 0 Å². The van der Waals surface area contributed by atoms with E-state index < -0.39 is 0 Å². The zero-order valence-corrected chi connectivity index (χ0v) is 26.3. The Hall–Kier alpha value is -5.92. The Kier molecular flexibility index (Phi) is 6.33. The Morgan fingerprint density at radius 2 is 0.894 bits per heavy atom. The normalized spacial score (nSPS) is 15.0. The first-order valence-electron chi connectivity index (χ1n) is 16.4. The molecule has 0 bridgehead atoms. The smallest absolute Gasteiger partial charge is 0.0468 e. The number of fused-ring (bicyclic) bond motifs is 5. The van der Waals surface area contributed by atoms with Gasteiger partial charge in [0.2, 0.25) is 0 Å². The summed E-state index contributed by atoms with van der Waals surface area (Å²) in [5, 5.41) is 4.94. The summed E-state index contributed by atoms with van der Waals surface area (Å²) in [5.41, 5.74) is 12.4. The number of hydrogen-bond donors (Lipinski definition) is 0. The van der Waals surface area contributed by atoms with Crippen LogP contribution in [0.3, 0.4) is 0 Å². The fraction of sp³-hybridized carbons (Fsp3) is 0.0435. The predicted molar refractivity (Wildman–Crippen MR) is 199 cm³/mol. The predicted octanol–water partition coefficient (Wildman–Crippen LogP) is 12.5. The van der Waals surface area contributed by atoms with E-state index >= 15 is 0 Å². The molecule has 1 aliphatic carbocycles. The molecule has 0 N–H and O–H groups in total. The van der Waals surface area contributed by atoms with E-state index in [1.54, 1.807) is 0 Å². The molecule has 0 amide bonds. The molecule has 0 spiro atoms. The van der Waals surface area contributed by atoms with E-state index in [-0.39, 0.29) is 5.41 Å². The lowest BCUT2D eigenvalue weighted by Crippen LogP contribution is -2.22. The Balaban J connectivity index is 1.19. The number of hydrogen-bond acceptors (Lipinski definition) is 1. The van der Waals surface area contributed by atoms with Gasteiger partial charge < -0.3 is 4.90 Å². The number of rotatable bonds is 5. The molecule has 0 heterocycles. The Bertz CT molecular complexity index is 2340. The fourth-order valence-electron chi connectivity index (χ4n) is 7.73. The van der Waals surface area contributed by atoms with Crippen LogP contribution >= 0.6 is 0 Å². The van der Waals surface area contributed by atoms with Crippen molar-refractivity contribution in [2.75, 3.05) is 4.90 Å². The summed E-state index contributed by atoms with van der Waals surface area (Å²) in [5.74, 6) is 0. The summed E-state index contributed by atoms with van der Waals surface area (Å²) >= 11 is 0. The first kappa shape index (κ1) is 27.4. The van der Waals surface area contributed by atoms with Gasteiger partial charge in [-0.1, -0.05) is 146 Å². The maximum Gasteiger partial charge on any atom is 0.0468 e. The summed E-state index contributed by atoms with van der Waals surface area (Å²) in [6.07, 6.45) is 0. The molecule has 0 fully saturated rings. The van der Waals surface area contributed by atoms with E-state index in [0.717, 1.165) is 17.1 Å². The van der Waals surface area contributed by atoms with Crippen LogP contribution in [0.25, 0.3) is 43.8 Å². The second-order valence-electron chi connectivity index (χ2n) is 12.7. The molecule has 0 aromatic heterocycles. The molecule has 1 aliphatic rings. The first-order valence-corrected chi connectivity index (χ1v) is 16.4. The summed E-state index contributed by atoms with van der Waals surface area (Å²) < 4.78 is 0. The molecule has 47 heavy (non-hydrogen) atoms. The van der Waals surface area contributed by atoms with Gasteiger partial charge in [-0.25, -0.2) is 0 Å². The molecule has 1 unspecified atom stereocenters. The molecule has 0 saturated heterocycles. The Morgan fingerprint density at radius 1 is 0.383 bits per heavy atom. The maximum atomic E-state index is 2.38. The fourth-order valence-corrected chi connectivity index (χ4v) is 7.73. The summed E-state index contributed by atoms with van der Waals surface area (Å²) in [6, 6.07) is 66.5. The van der Waals surface area contributed by atoms with Gasteiger partial charge in [-0.05, 0) is 104 Å². The topological polar surface area (TPSA) is 3.24 Å². The third-order valence-corrected chi connectivity index (χ3v) is 10.1. The number of benzene rings is 8. The molecule has 8 aromatic rings. The molecule has 8 aromatic carbocycles. The van der Waals surface area contributed by atoms with Crippen LogP contribution in [0.15, 0.2) is 182 Å². The van der Waals surface area contributed by atoms with Crippen LogP contribution in [0.2, 0.25) is 0 Å². The van der Waals surface area contributed by atoms with Crippen LogP contribution in [-0.4, -0.2) is 0 Å². The minimum Gasteiger partial charge on any atom is -0.310 e. The quantitative estimate of drug-likeness (QED) is 0.190. The highest BCUT2D eigenvalue weighted by Gasteiger charge is 2.41. The lowest BCUT2D eigenvalue weighted by molar-refractivity contribution is 0.714. The van der Waals surface area contributed by atoms with Crippen LogP contribution in [0.4, 0.5) is 17.1 Å². The van der Waals surface area contributed by atoms with E-state index in [0.29, 0.717) is 0 Å². The molecule has 1 atom stereocenters. The zero-order chi connectivity index (χ0) is 31.4. The molecular weight excluding hydrogens is 567 g/mol. The van der Waals surface area contributed by atoms with Crippen LogP contribution in [0, 0.1) is 0 Å². The van der Waals surface area contributed by atoms with Crippen LogP contribution in [-0.2, 0) is 5.41 Å². The minimum atomic E-state index is -0.216. The SMILES string of the molecule is CC1(c2ccccc2)c2ccccc2-c2c(-c3ccc(N(c4ccc5ccccc5c4)c4ccc5ccccc5c4)cc3)cccc21. The molecular formula is C46H33N. The van der Waals surface area contributed by atoms with E-state index in [2.05, 4.69) is 194 Å². The van der Waals surface area contributed by atoms with Crippen molar-refractivity contribution in [1.82, 2.24) is 0 Å². The van der Waals surface area contributed by atoms with E-state index in [9.17, 15) is 0 Å². The third-order valence-electron chi connectivity index (χ3n) is 10.1.